The molecule has 1 heterocycles. The Balaban J connectivity index is 2.30. The van der Waals surface area contributed by atoms with Crippen molar-refractivity contribution >= 4 is 23.2 Å². The maximum atomic E-state index is 6.30. The zero-order valence-electron chi connectivity index (χ0n) is 11.9. The van der Waals surface area contributed by atoms with Crippen LogP contribution in [0.5, 0.6) is 5.88 Å². The minimum absolute atomic E-state index is 0.0178. The smallest absolute Gasteiger partial charge is 0.216 e. The second-order valence-corrected chi connectivity index (χ2v) is 5.32. The molecule has 0 aliphatic heterocycles. The molecule has 6 heteroatoms. The molecule has 4 nitrogen and oxygen atoms in total. The summed E-state index contributed by atoms with van der Waals surface area (Å²) >= 11 is 12.6. The van der Waals surface area contributed by atoms with Gasteiger partial charge >= 0.3 is 0 Å². The largest absolute Gasteiger partial charge is 0.481 e. The van der Waals surface area contributed by atoms with Crippen molar-refractivity contribution in [3.05, 3.63) is 51.9 Å². The fourth-order valence-corrected chi connectivity index (χ4v) is 2.84. The standard InChI is InChI=1S/C15H17Cl2N3O/c1-3-18-13(15-11(16)5-4-6-12(15)17)7-10-8-14(21-2)20-9-19-10/h4-6,8-9,13,18H,3,7H2,1-2H3. The lowest BCUT2D eigenvalue weighted by Crippen LogP contribution is -2.24. The fourth-order valence-electron chi connectivity index (χ4n) is 2.18. The van der Waals surface area contributed by atoms with Crippen LogP contribution < -0.4 is 10.1 Å². The maximum Gasteiger partial charge on any atom is 0.216 e. The third-order valence-corrected chi connectivity index (χ3v) is 3.78. The van der Waals surface area contributed by atoms with Gasteiger partial charge in [-0.2, -0.15) is 0 Å². The monoisotopic (exact) mass is 325 g/mol. The summed E-state index contributed by atoms with van der Waals surface area (Å²) in [6.45, 7) is 2.84. The van der Waals surface area contributed by atoms with Crippen LogP contribution in [0.3, 0.4) is 0 Å². The Labute approximate surface area is 134 Å². The number of halogens is 2. The molecular formula is C15H17Cl2N3O. The van der Waals surface area contributed by atoms with Gasteiger partial charge in [-0.25, -0.2) is 9.97 Å². The molecule has 0 amide bonds. The van der Waals surface area contributed by atoms with E-state index in [4.69, 9.17) is 27.9 Å². The lowest BCUT2D eigenvalue weighted by atomic mass is 10.0. The van der Waals surface area contributed by atoms with Crippen LogP contribution in [0.25, 0.3) is 0 Å². The van der Waals surface area contributed by atoms with Crippen molar-refractivity contribution in [2.75, 3.05) is 13.7 Å². The summed E-state index contributed by atoms with van der Waals surface area (Å²) < 4.78 is 5.13. The Hall–Kier alpha value is -1.36. The number of aromatic nitrogens is 2. The average Bonchev–Trinajstić information content (AvgIpc) is 2.47. The van der Waals surface area contributed by atoms with Gasteiger partial charge in [0.05, 0.1) is 7.11 Å². The Kier molecular flexibility index (Phi) is 5.79. The van der Waals surface area contributed by atoms with E-state index in [1.54, 1.807) is 7.11 Å². The molecule has 1 atom stereocenters. The topological polar surface area (TPSA) is 47.0 Å². The highest BCUT2D eigenvalue weighted by Crippen LogP contribution is 2.32. The maximum absolute atomic E-state index is 6.30. The molecule has 0 fully saturated rings. The molecular weight excluding hydrogens is 309 g/mol. The zero-order valence-corrected chi connectivity index (χ0v) is 13.4. The molecule has 0 spiro atoms. The normalized spacial score (nSPS) is 12.2. The Morgan fingerprint density at radius 3 is 2.57 bits per heavy atom. The number of nitrogens with one attached hydrogen (secondary N) is 1. The molecule has 0 aliphatic carbocycles. The first-order valence-corrected chi connectivity index (χ1v) is 7.43. The quantitative estimate of drug-likeness (QED) is 0.879. The van der Waals surface area contributed by atoms with Crippen LogP contribution in [0.1, 0.15) is 24.2 Å². The van der Waals surface area contributed by atoms with Crippen LogP contribution in [-0.2, 0) is 6.42 Å². The lowest BCUT2D eigenvalue weighted by molar-refractivity contribution is 0.395. The van der Waals surface area contributed by atoms with Crippen molar-refractivity contribution in [2.24, 2.45) is 0 Å². The highest BCUT2D eigenvalue weighted by Gasteiger charge is 2.18. The van der Waals surface area contributed by atoms with Gasteiger partial charge in [-0.15, -0.1) is 0 Å². The summed E-state index contributed by atoms with van der Waals surface area (Å²) in [6, 6.07) is 7.32. The first-order valence-electron chi connectivity index (χ1n) is 6.68. The third kappa shape index (κ3) is 4.06. The van der Waals surface area contributed by atoms with Gasteiger partial charge in [0.1, 0.15) is 6.33 Å². The van der Waals surface area contributed by atoms with Crippen LogP contribution in [-0.4, -0.2) is 23.6 Å². The van der Waals surface area contributed by atoms with Crippen LogP contribution >= 0.6 is 23.2 Å². The number of ether oxygens (including phenoxy) is 1. The summed E-state index contributed by atoms with van der Waals surface area (Å²) in [5, 5.41) is 4.69. The molecule has 1 N–H and O–H groups in total. The van der Waals surface area contributed by atoms with E-state index in [1.165, 1.54) is 6.33 Å². The molecule has 0 saturated heterocycles. The van der Waals surface area contributed by atoms with Gasteiger partial charge < -0.3 is 10.1 Å². The second kappa shape index (κ2) is 7.59. The van der Waals surface area contributed by atoms with E-state index >= 15 is 0 Å². The molecule has 1 aromatic carbocycles. The van der Waals surface area contributed by atoms with Crippen LogP contribution in [0.15, 0.2) is 30.6 Å². The summed E-state index contributed by atoms with van der Waals surface area (Å²) in [7, 11) is 1.58. The minimum atomic E-state index is -0.0178. The van der Waals surface area contributed by atoms with Crippen molar-refractivity contribution < 1.29 is 4.74 Å². The van der Waals surface area contributed by atoms with E-state index in [9.17, 15) is 0 Å². The Morgan fingerprint density at radius 2 is 1.95 bits per heavy atom. The van der Waals surface area contributed by atoms with Crippen LogP contribution in [0.2, 0.25) is 10.0 Å². The zero-order chi connectivity index (χ0) is 15.2. The molecule has 0 bridgehead atoms. The molecule has 1 unspecified atom stereocenters. The van der Waals surface area contributed by atoms with E-state index in [2.05, 4.69) is 15.3 Å². The highest BCUT2D eigenvalue weighted by atomic mass is 35.5. The van der Waals surface area contributed by atoms with E-state index in [0.29, 0.717) is 22.3 Å². The van der Waals surface area contributed by atoms with Crippen molar-refractivity contribution in [1.29, 1.82) is 0 Å². The summed E-state index contributed by atoms with van der Waals surface area (Å²) in [4.78, 5) is 8.29. The summed E-state index contributed by atoms with van der Waals surface area (Å²) in [6.07, 6.45) is 2.14. The number of rotatable bonds is 6. The van der Waals surface area contributed by atoms with Crippen LogP contribution in [0.4, 0.5) is 0 Å². The molecule has 21 heavy (non-hydrogen) atoms. The van der Waals surface area contributed by atoms with Gasteiger partial charge in [0, 0.05) is 39.8 Å². The molecule has 2 aromatic rings. The van der Waals surface area contributed by atoms with Gasteiger partial charge in [-0.1, -0.05) is 36.2 Å². The Morgan fingerprint density at radius 1 is 1.24 bits per heavy atom. The summed E-state index contributed by atoms with van der Waals surface area (Å²) in [5.74, 6) is 0.542. The number of hydrogen-bond acceptors (Lipinski definition) is 4. The number of methoxy groups -OCH3 is 1. The average molecular weight is 326 g/mol. The first kappa shape index (κ1) is 16.0. The van der Waals surface area contributed by atoms with E-state index in [0.717, 1.165) is 17.8 Å². The van der Waals surface area contributed by atoms with Crippen molar-refractivity contribution in [3.8, 4) is 5.88 Å². The molecule has 112 valence electrons. The van der Waals surface area contributed by atoms with E-state index in [-0.39, 0.29) is 6.04 Å². The minimum Gasteiger partial charge on any atom is -0.481 e. The second-order valence-electron chi connectivity index (χ2n) is 4.50. The van der Waals surface area contributed by atoms with Crippen LogP contribution in [0, 0.1) is 0 Å². The van der Waals surface area contributed by atoms with Crippen molar-refractivity contribution in [3.63, 3.8) is 0 Å². The molecule has 0 saturated carbocycles. The van der Waals surface area contributed by atoms with Gasteiger partial charge in [-0.3, -0.25) is 0 Å². The summed E-state index contributed by atoms with van der Waals surface area (Å²) in [5.41, 5.74) is 1.75. The predicted molar refractivity (Wildman–Crippen MR) is 85.2 cm³/mol. The van der Waals surface area contributed by atoms with E-state index < -0.39 is 0 Å². The lowest BCUT2D eigenvalue weighted by Gasteiger charge is -2.20. The first-order chi connectivity index (χ1) is 10.2. The van der Waals surface area contributed by atoms with Gasteiger partial charge in [0.25, 0.3) is 0 Å². The third-order valence-electron chi connectivity index (χ3n) is 3.12. The highest BCUT2D eigenvalue weighted by molar-refractivity contribution is 6.36. The van der Waals surface area contributed by atoms with E-state index in [1.807, 2.05) is 31.2 Å². The predicted octanol–water partition coefficient (Wildman–Crippen LogP) is 3.69. The van der Waals surface area contributed by atoms with Gasteiger partial charge in [-0.05, 0) is 18.7 Å². The molecule has 0 aliphatic rings. The van der Waals surface area contributed by atoms with Gasteiger partial charge in [0.2, 0.25) is 5.88 Å². The molecule has 0 radical (unpaired) electrons. The number of likely N-dealkylation sites (N-methyl/N-ethyl adjacent to an activating group) is 1. The number of benzene rings is 1. The fraction of sp³-hybridized carbons (Fsp3) is 0.333. The van der Waals surface area contributed by atoms with Gasteiger partial charge in [0.15, 0.2) is 0 Å². The number of hydrogen-bond donors (Lipinski definition) is 1. The SMILES string of the molecule is CCNC(Cc1cc(OC)ncn1)c1c(Cl)cccc1Cl. The van der Waals surface area contributed by atoms with Crippen molar-refractivity contribution in [1.82, 2.24) is 15.3 Å². The molecule has 1 aromatic heterocycles. The van der Waals surface area contributed by atoms with Crippen molar-refractivity contribution in [2.45, 2.75) is 19.4 Å². The molecule has 2 rings (SSSR count). The number of nitrogens with zero attached hydrogens (tertiary/aromatic N) is 2. The Bertz CT molecular complexity index is 587.